The summed E-state index contributed by atoms with van der Waals surface area (Å²) in [6, 6.07) is 8.15. The van der Waals surface area contributed by atoms with Gasteiger partial charge in [-0.15, -0.1) is 0 Å². The summed E-state index contributed by atoms with van der Waals surface area (Å²) in [5.74, 6) is 1.12. The smallest absolute Gasteiger partial charge is 0.309 e. The van der Waals surface area contributed by atoms with Crippen LogP contribution in [0.2, 0.25) is 0 Å². The fraction of sp³-hybridized carbons (Fsp3) is 0.632. The zero-order chi connectivity index (χ0) is 16.5. The summed E-state index contributed by atoms with van der Waals surface area (Å²) in [5, 5.41) is 0. The molecule has 0 spiro atoms. The number of nitrogens with one attached hydrogen (secondary N) is 1. The Morgan fingerprint density at radius 1 is 1.22 bits per heavy atom. The molecule has 1 aliphatic heterocycles. The topological polar surface area (TPSA) is 40.0 Å². The van der Waals surface area contributed by atoms with E-state index >= 15 is 0 Å². The summed E-state index contributed by atoms with van der Waals surface area (Å²) in [5.41, 5.74) is 1.19. The quantitative estimate of drug-likeness (QED) is 0.588. The maximum Gasteiger partial charge on any atom is 0.309 e. The average Bonchev–Trinajstić information content (AvgIpc) is 2.57. The molecular formula is C19H30NO3+. The van der Waals surface area contributed by atoms with Gasteiger partial charge in [0.2, 0.25) is 0 Å². The molecule has 1 aliphatic rings. The lowest BCUT2D eigenvalue weighted by Crippen LogP contribution is -3.13. The van der Waals surface area contributed by atoms with Crippen molar-refractivity contribution in [2.75, 3.05) is 32.8 Å². The van der Waals surface area contributed by atoms with Crippen LogP contribution >= 0.6 is 0 Å². The second-order valence-electron chi connectivity index (χ2n) is 6.35. The minimum Gasteiger partial charge on any atom is -0.493 e. The van der Waals surface area contributed by atoms with E-state index < -0.39 is 0 Å². The highest BCUT2D eigenvalue weighted by Crippen LogP contribution is 2.16. The van der Waals surface area contributed by atoms with Gasteiger partial charge in [0.15, 0.2) is 0 Å². The summed E-state index contributed by atoms with van der Waals surface area (Å²) < 4.78 is 10.9. The number of unbranched alkanes of at least 4 members (excludes halogenated alkanes) is 1. The molecule has 4 nitrogen and oxygen atoms in total. The Hall–Kier alpha value is -1.55. The van der Waals surface area contributed by atoms with Crippen LogP contribution in [0.25, 0.3) is 0 Å². The maximum atomic E-state index is 11.7. The molecule has 23 heavy (non-hydrogen) atoms. The van der Waals surface area contributed by atoms with Gasteiger partial charge in [0.05, 0.1) is 38.8 Å². The van der Waals surface area contributed by atoms with Crippen LogP contribution in [0.5, 0.6) is 5.75 Å². The van der Waals surface area contributed by atoms with Crippen molar-refractivity contribution in [2.24, 2.45) is 5.92 Å². The number of likely N-dealkylation sites (tertiary alicyclic amines) is 1. The molecule has 0 saturated carbocycles. The SMILES string of the molecule is CCOC(=O)C1CC[NH+](CCCCOc2ccccc2C)CC1. The van der Waals surface area contributed by atoms with Crippen LogP contribution in [-0.2, 0) is 9.53 Å². The molecule has 4 heteroatoms. The second kappa shape index (κ2) is 9.56. The molecule has 2 rings (SSSR count). The number of para-hydroxylation sites is 1. The lowest BCUT2D eigenvalue weighted by atomic mass is 9.97. The predicted molar refractivity (Wildman–Crippen MR) is 90.8 cm³/mol. The largest absolute Gasteiger partial charge is 0.493 e. The minimum absolute atomic E-state index is 0.00168. The number of aryl methyl sites for hydroxylation is 1. The number of carbonyl (C=O) groups is 1. The number of carbonyl (C=O) groups excluding carboxylic acids is 1. The van der Waals surface area contributed by atoms with Crippen molar-refractivity contribution in [1.29, 1.82) is 0 Å². The fourth-order valence-electron chi connectivity index (χ4n) is 3.15. The number of hydrogen-bond acceptors (Lipinski definition) is 3. The van der Waals surface area contributed by atoms with Gasteiger partial charge >= 0.3 is 5.97 Å². The van der Waals surface area contributed by atoms with Crippen molar-refractivity contribution >= 4 is 5.97 Å². The normalized spacial score (nSPS) is 21.0. The van der Waals surface area contributed by atoms with E-state index in [4.69, 9.17) is 9.47 Å². The highest BCUT2D eigenvalue weighted by Gasteiger charge is 2.27. The van der Waals surface area contributed by atoms with Gasteiger partial charge in [-0.05, 0) is 38.3 Å². The Morgan fingerprint density at radius 2 is 1.96 bits per heavy atom. The van der Waals surface area contributed by atoms with Gasteiger partial charge in [-0.2, -0.15) is 0 Å². The Balaban J connectivity index is 1.56. The first-order chi connectivity index (χ1) is 11.2. The van der Waals surface area contributed by atoms with Crippen molar-refractivity contribution in [2.45, 2.75) is 39.5 Å². The average molecular weight is 320 g/mol. The van der Waals surface area contributed by atoms with Crippen LogP contribution in [-0.4, -0.2) is 38.8 Å². The standard InChI is InChI=1S/C19H29NO3/c1-3-22-19(21)17-10-13-20(14-11-17)12-6-7-15-23-18-9-5-4-8-16(18)2/h4-5,8-9,17H,3,6-7,10-15H2,1-2H3/p+1. The molecule has 0 radical (unpaired) electrons. The third-order valence-electron chi connectivity index (χ3n) is 4.59. The third-order valence-corrected chi connectivity index (χ3v) is 4.59. The van der Waals surface area contributed by atoms with Crippen molar-refractivity contribution in [1.82, 2.24) is 0 Å². The van der Waals surface area contributed by atoms with Gasteiger partial charge in [0.25, 0.3) is 0 Å². The van der Waals surface area contributed by atoms with E-state index in [-0.39, 0.29) is 11.9 Å². The highest BCUT2D eigenvalue weighted by molar-refractivity contribution is 5.72. The molecule has 1 saturated heterocycles. The molecule has 1 aromatic rings. The first-order valence-electron chi connectivity index (χ1n) is 8.89. The summed E-state index contributed by atoms with van der Waals surface area (Å²) in [6.07, 6.45) is 4.19. The molecule has 0 amide bonds. The number of ether oxygens (including phenoxy) is 2. The number of esters is 1. The van der Waals surface area contributed by atoms with Crippen LogP contribution < -0.4 is 9.64 Å². The van der Waals surface area contributed by atoms with Gasteiger partial charge in [0.1, 0.15) is 5.75 Å². The molecule has 128 valence electrons. The molecule has 1 fully saturated rings. The summed E-state index contributed by atoms with van der Waals surface area (Å²) >= 11 is 0. The summed E-state index contributed by atoms with van der Waals surface area (Å²) in [7, 11) is 0. The first kappa shape index (κ1) is 17.8. The van der Waals surface area contributed by atoms with E-state index in [9.17, 15) is 4.79 Å². The van der Waals surface area contributed by atoms with E-state index in [2.05, 4.69) is 13.0 Å². The lowest BCUT2D eigenvalue weighted by molar-refractivity contribution is -0.906. The van der Waals surface area contributed by atoms with Gasteiger partial charge in [-0.3, -0.25) is 4.79 Å². The highest BCUT2D eigenvalue weighted by atomic mass is 16.5. The van der Waals surface area contributed by atoms with Crippen molar-refractivity contribution in [3.05, 3.63) is 29.8 Å². The number of quaternary nitrogens is 1. The number of piperidine rings is 1. The van der Waals surface area contributed by atoms with Crippen molar-refractivity contribution < 1.29 is 19.2 Å². The van der Waals surface area contributed by atoms with E-state index in [1.807, 2.05) is 25.1 Å². The Kier molecular flexibility index (Phi) is 7.40. The van der Waals surface area contributed by atoms with Crippen molar-refractivity contribution in [3.63, 3.8) is 0 Å². The van der Waals surface area contributed by atoms with Crippen LogP contribution in [0.3, 0.4) is 0 Å². The third kappa shape index (κ3) is 5.87. The second-order valence-corrected chi connectivity index (χ2v) is 6.35. The van der Waals surface area contributed by atoms with Gasteiger partial charge in [-0.1, -0.05) is 18.2 Å². The van der Waals surface area contributed by atoms with E-state index in [1.165, 1.54) is 18.5 Å². The van der Waals surface area contributed by atoms with Gasteiger partial charge < -0.3 is 14.4 Å². The van der Waals surface area contributed by atoms with Crippen LogP contribution in [0, 0.1) is 12.8 Å². The van der Waals surface area contributed by atoms with Crippen LogP contribution in [0.4, 0.5) is 0 Å². The molecule has 1 N–H and O–H groups in total. The summed E-state index contributed by atoms with van der Waals surface area (Å²) in [6.45, 7) is 8.57. The molecule has 1 heterocycles. The summed E-state index contributed by atoms with van der Waals surface area (Å²) in [4.78, 5) is 13.3. The lowest BCUT2D eigenvalue weighted by Gasteiger charge is -2.28. The van der Waals surface area contributed by atoms with E-state index in [0.29, 0.717) is 6.61 Å². The van der Waals surface area contributed by atoms with Gasteiger partial charge in [-0.25, -0.2) is 0 Å². The Bertz CT molecular complexity index is 481. The molecule has 0 aliphatic carbocycles. The number of hydrogen-bond donors (Lipinski definition) is 1. The first-order valence-corrected chi connectivity index (χ1v) is 8.89. The molecular weight excluding hydrogens is 290 g/mol. The molecule has 0 atom stereocenters. The fourth-order valence-corrected chi connectivity index (χ4v) is 3.15. The van der Waals surface area contributed by atoms with Gasteiger partial charge in [0, 0.05) is 12.8 Å². The zero-order valence-electron chi connectivity index (χ0n) is 14.5. The molecule has 0 aromatic heterocycles. The Morgan fingerprint density at radius 3 is 2.65 bits per heavy atom. The molecule has 0 bridgehead atoms. The minimum atomic E-state index is -0.00168. The maximum absolute atomic E-state index is 11.7. The zero-order valence-corrected chi connectivity index (χ0v) is 14.5. The van der Waals surface area contributed by atoms with Crippen molar-refractivity contribution in [3.8, 4) is 5.75 Å². The number of rotatable bonds is 8. The molecule has 1 aromatic carbocycles. The Labute approximate surface area is 139 Å². The number of benzene rings is 1. The van der Waals surface area contributed by atoms with E-state index in [0.717, 1.165) is 44.7 Å². The predicted octanol–water partition coefficient (Wildman–Crippen LogP) is 2.01. The molecule has 0 unspecified atom stereocenters. The van der Waals surface area contributed by atoms with Crippen LogP contribution in [0.1, 0.15) is 38.2 Å². The van der Waals surface area contributed by atoms with E-state index in [1.54, 1.807) is 4.90 Å². The monoisotopic (exact) mass is 320 g/mol. The van der Waals surface area contributed by atoms with Crippen LogP contribution in [0.15, 0.2) is 24.3 Å².